The number of aliphatic hydroxyl groups excluding tert-OH is 1. The minimum Gasteiger partial charge on any atom is -0.497 e. The van der Waals surface area contributed by atoms with E-state index in [2.05, 4.69) is 4.72 Å². The highest BCUT2D eigenvalue weighted by Gasteiger charge is 2.15. The molecule has 0 saturated carbocycles. The van der Waals surface area contributed by atoms with Gasteiger partial charge in [-0.3, -0.25) is 0 Å². The van der Waals surface area contributed by atoms with Crippen LogP contribution in [0.2, 0.25) is 0 Å². The summed E-state index contributed by atoms with van der Waals surface area (Å²) in [6.45, 7) is 0.172. The van der Waals surface area contributed by atoms with Crippen LogP contribution in [0.25, 0.3) is 0 Å². The van der Waals surface area contributed by atoms with Crippen LogP contribution in [0, 0.1) is 0 Å². The van der Waals surface area contributed by atoms with Gasteiger partial charge in [0.25, 0.3) is 0 Å². The highest BCUT2D eigenvalue weighted by atomic mass is 32.2. The second kappa shape index (κ2) is 7.04. The molecule has 1 unspecified atom stereocenters. The van der Waals surface area contributed by atoms with E-state index in [1.54, 1.807) is 12.1 Å². The second-order valence-corrected chi connectivity index (χ2v) is 6.98. The molecule has 0 amide bonds. The summed E-state index contributed by atoms with van der Waals surface area (Å²) >= 11 is 1.50. The first-order chi connectivity index (χ1) is 10.0. The zero-order valence-corrected chi connectivity index (χ0v) is 13.2. The van der Waals surface area contributed by atoms with E-state index in [1.807, 2.05) is 16.8 Å². The first-order valence-corrected chi connectivity index (χ1v) is 8.79. The molecule has 1 heterocycles. The zero-order valence-electron chi connectivity index (χ0n) is 11.5. The first-order valence-electron chi connectivity index (χ1n) is 6.37. The summed E-state index contributed by atoms with van der Waals surface area (Å²) in [5.41, 5.74) is 0.809. The van der Waals surface area contributed by atoms with Crippen molar-refractivity contribution in [2.75, 3.05) is 13.7 Å². The third kappa shape index (κ3) is 4.28. The molecule has 0 aliphatic carbocycles. The Balaban J connectivity index is 1.91. The number of hydrogen-bond acceptors (Lipinski definition) is 5. The van der Waals surface area contributed by atoms with E-state index in [1.165, 1.54) is 30.6 Å². The lowest BCUT2D eigenvalue weighted by Gasteiger charge is -2.10. The highest BCUT2D eigenvalue weighted by molar-refractivity contribution is 7.89. The van der Waals surface area contributed by atoms with Crippen molar-refractivity contribution in [3.8, 4) is 5.75 Å². The number of nitrogens with one attached hydrogen (secondary N) is 1. The lowest BCUT2D eigenvalue weighted by atomic mass is 10.1. The van der Waals surface area contributed by atoms with Gasteiger partial charge in [0, 0.05) is 6.54 Å². The molecule has 2 N–H and O–H groups in total. The van der Waals surface area contributed by atoms with E-state index in [0.29, 0.717) is 12.2 Å². The first kappa shape index (κ1) is 16.0. The van der Waals surface area contributed by atoms with Gasteiger partial charge in [-0.15, -0.1) is 0 Å². The molecule has 0 radical (unpaired) electrons. The van der Waals surface area contributed by atoms with Crippen molar-refractivity contribution < 1.29 is 18.3 Å². The fourth-order valence-corrected chi connectivity index (χ4v) is 3.55. The number of methoxy groups -OCH3 is 1. The number of aliphatic hydroxyl groups is 1. The lowest BCUT2D eigenvalue weighted by Crippen LogP contribution is -2.25. The Morgan fingerprint density at radius 2 is 2.00 bits per heavy atom. The number of hydrogen-bond donors (Lipinski definition) is 2. The quantitative estimate of drug-likeness (QED) is 0.817. The van der Waals surface area contributed by atoms with Gasteiger partial charge in [0.1, 0.15) is 5.75 Å². The molecule has 2 rings (SSSR count). The molecule has 1 aromatic carbocycles. The third-order valence-electron chi connectivity index (χ3n) is 3.01. The van der Waals surface area contributed by atoms with Crippen molar-refractivity contribution >= 4 is 21.4 Å². The number of sulfonamides is 1. The minimum absolute atomic E-state index is 0.172. The standard InChI is InChI=1S/C14H17NO4S2/c1-19-12-2-4-13(5-3-12)21(17,18)15-8-6-14(16)11-7-9-20-10-11/h2-5,7,9-10,14-16H,6,8H2,1H3. The molecule has 2 aromatic rings. The van der Waals surface area contributed by atoms with Crippen LogP contribution in [0.5, 0.6) is 5.75 Å². The number of thiophene rings is 1. The Kier molecular flexibility index (Phi) is 5.35. The smallest absolute Gasteiger partial charge is 0.240 e. The van der Waals surface area contributed by atoms with Crippen LogP contribution in [0.4, 0.5) is 0 Å². The monoisotopic (exact) mass is 327 g/mol. The van der Waals surface area contributed by atoms with Gasteiger partial charge < -0.3 is 9.84 Å². The van der Waals surface area contributed by atoms with Crippen molar-refractivity contribution in [3.63, 3.8) is 0 Å². The molecule has 0 aliphatic heterocycles. The summed E-state index contributed by atoms with van der Waals surface area (Å²) in [5.74, 6) is 0.599. The number of benzene rings is 1. The van der Waals surface area contributed by atoms with Crippen molar-refractivity contribution in [2.24, 2.45) is 0 Å². The van der Waals surface area contributed by atoms with Crippen molar-refractivity contribution in [1.82, 2.24) is 4.72 Å². The third-order valence-corrected chi connectivity index (χ3v) is 5.19. The van der Waals surface area contributed by atoms with E-state index in [0.717, 1.165) is 5.56 Å². The summed E-state index contributed by atoms with van der Waals surface area (Å²) in [6.07, 6.45) is -0.332. The van der Waals surface area contributed by atoms with Gasteiger partial charge in [-0.25, -0.2) is 13.1 Å². The van der Waals surface area contributed by atoms with Gasteiger partial charge in [0.2, 0.25) is 10.0 Å². The molecular weight excluding hydrogens is 310 g/mol. The van der Waals surface area contributed by atoms with Gasteiger partial charge in [-0.1, -0.05) is 0 Å². The Labute approximate surface area is 128 Å². The van der Waals surface area contributed by atoms with E-state index in [4.69, 9.17) is 4.74 Å². The Morgan fingerprint density at radius 1 is 1.29 bits per heavy atom. The summed E-state index contributed by atoms with van der Waals surface area (Å²) in [5, 5.41) is 13.6. The average molecular weight is 327 g/mol. The van der Waals surface area contributed by atoms with Crippen LogP contribution >= 0.6 is 11.3 Å². The van der Waals surface area contributed by atoms with Crippen molar-refractivity contribution in [3.05, 3.63) is 46.7 Å². The SMILES string of the molecule is COc1ccc(S(=O)(=O)NCCC(O)c2ccsc2)cc1. The predicted molar refractivity (Wildman–Crippen MR) is 82.1 cm³/mol. The molecule has 114 valence electrons. The van der Waals surface area contributed by atoms with Crippen molar-refractivity contribution in [1.29, 1.82) is 0 Å². The molecule has 5 nitrogen and oxygen atoms in total. The fourth-order valence-electron chi connectivity index (χ4n) is 1.80. The van der Waals surface area contributed by atoms with Crippen LogP contribution in [-0.4, -0.2) is 27.2 Å². The largest absolute Gasteiger partial charge is 0.497 e. The average Bonchev–Trinajstić information content (AvgIpc) is 3.01. The van der Waals surface area contributed by atoms with Crippen LogP contribution in [-0.2, 0) is 10.0 Å². The molecule has 0 aliphatic rings. The Hall–Kier alpha value is -1.41. The number of rotatable bonds is 7. The maximum atomic E-state index is 12.1. The fraction of sp³-hybridized carbons (Fsp3) is 0.286. The van der Waals surface area contributed by atoms with Crippen LogP contribution in [0.3, 0.4) is 0 Å². The number of ether oxygens (including phenoxy) is 1. The van der Waals surface area contributed by atoms with E-state index in [9.17, 15) is 13.5 Å². The summed E-state index contributed by atoms with van der Waals surface area (Å²) in [4.78, 5) is 0.174. The van der Waals surface area contributed by atoms with E-state index < -0.39 is 16.1 Å². The molecule has 0 spiro atoms. The molecular formula is C14H17NO4S2. The minimum atomic E-state index is -3.56. The molecule has 1 atom stereocenters. The lowest BCUT2D eigenvalue weighted by molar-refractivity contribution is 0.169. The molecule has 0 fully saturated rings. The predicted octanol–water partition coefficient (Wildman–Crippen LogP) is 2.16. The van der Waals surface area contributed by atoms with E-state index >= 15 is 0 Å². The van der Waals surface area contributed by atoms with Crippen LogP contribution in [0.1, 0.15) is 18.1 Å². The van der Waals surface area contributed by atoms with Gasteiger partial charge in [-0.2, -0.15) is 11.3 Å². The second-order valence-electron chi connectivity index (χ2n) is 4.43. The van der Waals surface area contributed by atoms with Crippen LogP contribution in [0.15, 0.2) is 46.0 Å². The Morgan fingerprint density at radius 3 is 2.57 bits per heavy atom. The highest BCUT2D eigenvalue weighted by Crippen LogP contribution is 2.19. The summed E-state index contributed by atoms with van der Waals surface area (Å²) in [6, 6.07) is 7.98. The van der Waals surface area contributed by atoms with Gasteiger partial charge in [-0.05, 0) is 53.1 Å². The molecule has 21 heavy (non-hydrogen) atoms. The molecule has 0 saturated heterocycles. The topological polar surface area (TPSA) is 75.6 Å². The summed E-state index contributed by atoms with van der Waals surface area (Å²) in [7, 11) is -2.04. The summed E-state index contributed by atoms with van der Waals surface area (Å²) < 4.78 is 31.6. The van der Waals surface area contributed by atoms with Crippen LogP contribution < -0.4 is 9.46 Å². The maximum Gasteiger partial charge on any atom is 0.240 e. The normalized spacial score (nSPS) is 13.0. The molecule has 1 aromatic heterocycles. The van der Waals surface area contributed by atoms with Gasteiger partial charge in [0.15, 0.2) is 0 Å². The molecule has 0 bridgehead atoms. The van der Waals surface area contributed by atoms with Gasteiger partial charge in [0.05, 0.1) is 18.1 Å². The van der Waals surface area contributed by atoms with E-state index in [-0.39, 0.29) is 11.4 Å². The Bertz CT molecular complexity index is 651. The van der Waals surface area contributed by atoms with Gasteiger partial charge >= 0.3 is 0 Å². The maximum absolute atomic E-state index is 12.1. The zero-order chi connectivity index (χ0) is 15.3. The molecule has 7 heteroatoms. The van der Waals surface area contributed by atoms with Crippen molar-refractivity contribution in [2.45, 2.75) is 17.4 Å².